The van der Waals surface area contributed by atoms with E-state index in [1.165, 1.54) is 5.56 Å². The van der Waals surface area contributed by atoms with E-state index in [4.69, 9.17) is 4.74 Å². The Morgan fingerprint density at radius 3 is 2.30 bits per heavy atom. The minimum absolute atomic E-state index is 0.465. The van der Waals surface area contributed by atoms with Crippen LogP contribution in [0.15, 0.2) is 30.3 Å². The maximum atomic E-state index is 12.7. The Hall–Kier alpha value is -0.990. The van der Waals surface area contributed by atoms with Crippen LogP contribution in [0.1, 0.15) is 12.0 Å². The van der Waals surface area contributed by atoms with Crippen molar-refractivity contribution in [1.82, 2.24) is 13.5 Å². The van der Waals surface area contributed by atoms with E-state index in [0.29, 0.717) is 39.4 Å². The molecule has 1 aromatic rings. The van der Waals surface area contributed by atoms with Crippen LogP contribution in [0, 0.1) is 0 Å². The number of nitrogens with zero attached hydrogens (tertiary/aromatic N) is 3. The second-order valence-corrected chi connectivity index (χ2v) is 7.96. The van der Waals surface area contributed by atoms with Gasteiger partial charge in [-0.25, -0.2) is 0 Å². The van der Waals surface area contributed by atoms with E-state index >= 15 is 0 Å². The van der Waals surface area contributed by atoms with Crippen molar-refractivity contribution in [1.29, 1.82) is 0 Å². The molecule has 0 bridgehead atoms. The van der Waals surface area contributed by atoms with Crippen molar-refractivity contribution in [2.75, 3.05) is 52.5 Å². The Bertz CT molecular complexity index is 588. The number of rotatable bonds is 4. The summed E-state index contributed by atoms with van der Waals surface area (Å²) in [6.45, 7) is 5.67. The van der Waals surface area contributed by atoms with Gasteiger partial charge in [0.1, 0.15) is 0 Å². The molecule has 2 saturated heterocycles. The van der Waals surface area contributed by atoms with Gasteiger partial charge < -0.3 is 4.74 Å². The Labute approximate surface area is 138 Å². The summed E-state index contributed by atoms with van der Waals surface area (Å²) in [4.78, 5) is 2.34. The molecular weight excluding hydrogens is 314 g/mol. The molecule has 0 N–H and O–H groups in total. The molecule has 0 unspecified atom stereocenters. The molecule has 2 aliphatic heterocycles. The third kappa shape index (κ3) is 4.30. The van der Waals surface area contributed by atoms with Crippen molar-refractivity contribution in [3.05, 3.63) is 35.9 Å². The first-order valence-corrected chi connectivity index (χ1v) is 9.65. The summed E-state index contributed by atoms with van der Waals surface area (Å²) in [5, 5.41) is 0. The molecule has 3 rings (SSSR count). The summed E-state index contributed by atoms with van der Waals surface area (Å²) < 4.78 is 33.9. The quantitative estimate of drug-likeness (QED) is 0.813. The molecule has 2 fully saturated rings. The highest BCUT2D eigenvalue weighted by Crippen LogP contribution is 2.15. The lowest BCUT2D eigenvalue weighted by Crippen LogP contribution is -2.49. The second-order valence-electron chi connectivity index (χ2n) is 6.03. The van der Waals surface area contributed by atoms with Crippen molar-refractivity contribution < 1.29 is 13.2 Å². The van der Waals surface area contributed by atoms with Gasteiger partial charge in [0.15, 0.2) is 0 Å². The summed E-state index contributed by atoms with van der Waals surface area (Å²) in [5.74, 6) is 0. The monoisotopic (exact) mass is 339 g/mol. The number of benzene rings is 1. The van der Waals surface area contributed by atoms with Gasteiger partial charge in [0.05, 0.1) is 13.2 Å². The summed E-state index contributed by atoms with van der Waals surface area (Å²) >= 11 is 0. The zero-order valence-corrected chi connectivity index (χ0v) is 14.2. The van der Waals surface area contributed by atoms with Crippen molar-refractivity contribution in [2.24, 2.45) is 0 Å². The maximum absolute atomic E-state index is 12.7. The molecule has 0 saturated carbocycles. The maximum Gasteiger partial charge on any atom is 0.282 e. The van der Waals surface area contributed by atoms with Crippen molar-refractivity contribution in [3.63, 3.8) is 0 Å². The Kier molecular flexibility index (Phi) is 5.66. The van der Waals surface area contributed by atoms with E-state index in [1.54, 1.807) is 8.61 Å². The largest absolute Gasteiger partial charge is 0.379 e. The van der Waals surface area contributed by atoms with Crippen LogP contribution in [-0.4, -0.2) is 74.4 Å². The Morgan fingerprint density at radius 1 is 0.870 bits per heavy atom. The average Bonchev–Trinajstić information content (AvgIpc) is 2.83. The number of hydrogen-bond acceptors (Lipinski definition) is 4. The van der Waals surface area contributed by atoms with Crippen LogP contribution in [-0.2, 0) is 21.5 Å². The van der Waals surface area contributed by atoms with Gasteiger partial charge in [0.25, 0.3) is 10.2 Å². The highest BCUT2D eigenvalue weighted by atomic mass is 32.2. The van der Waals surface area contributed by atoms with E-state index < -0.39 is 10.2 Å². The summed E-state index contributed by atoms with van der Waals surface area (Å²) in [6.07, 6.45) is 0.871. The summed E-state index contributed by atoms with van der Waals surface area (Å²) in [5.41, 5.74) is 1.27. The first-order valence-electron chi connectivity index (χ1n) is 8.25. The summed E-state index contributed by atoms with van der Waals surface area (Å²) in [6, 6.07) is 10.3. The van der Waals surface area contributed by atoms with Crippen LogP contribution in [0.4, 0.5) is 0 Å². The highest BCUT2D eigenvalue weighted by molar-refractivity contribution is 7.86. The molecule has 0 aliphatic carbocycles. The third-order valence-corrected chi connectivity index (χ3v) is 6.45. The average molecular weight is 339 g/mol. The SMILES string of the molecule is O=S(=O)(N1CCOCC1)N1CCCN(Cc2ccccc2)CC1. The van der Waals surface area contributed by atoms with Crippen LogP contribution in [0.2, 0.25) is 0 Å². The number of ether oxygens (including phenoxy) is 1. The highest BCUT2D eigenvalue weighted by Gasteiger charge is 2.32. The van der Waals surface area contributed by atoms with E-state index in [-0.39, 0.29) is 0 Å². The molecule has 0 spiro atoms. The molecule has 0 atom stereocenters. The molecule has 7 heteroatoms. The van der Waals surface area contributed by atoms with E-state index in [9.17, 15) is 8.42 Å². The van der Waals surface area contributed by atoms with Crippen LogP contribution in [0.25, 0.3) is 0 Å². The Morgan fingerprint density at radius 2 is 1.57 bits per heavy atom. The molecular formula is C16H25N3O3S. The van der Waals surface area contributed by atoms with Crippen molar-refractivity contribution in [2.45, 2.75) is 13.0 Å². The van der Waals surface area contributed by atoms with Gasteiger partial charge in [-0.05, 0) is 18.5 Å². The standard InChI is InChI=1S/C16H25N3O3S/c20-23(21,19-11-13-22-14-12-19)18-8-4-7-17(9-10-18)15-16-5-2-1-3-6-16/h1-3,5-6H,4,7-15H2. The molecule has 0 radical (unpaired) electrons. The first kappa shape index (κ1) is 16.9. The molecule has 1 aromatic carbocycles. The second kappa shape index (κ2) is 7.72. The molecule has 23 heavy (non-hydrogen) atoms. The summed E-state index contributed by atoms with van der Waals surface area (Å²) in [7, 11) is -3.34. The van der Waals surface area contributed by atoms with Crippen LogP contribution in [0.5, 0.6) is 0 Å². The molecule has 2 aliphatic rings. The first-order chi connectivity index (χ1) is 11.2. The zero-order chi connectivity index (χ0) is 16.1. The number of morpholine rings is 1. The Balaban J connectivity index is 1.59. The topological polar surface area (TPSA) is 53.1 Å². The van der Waals surface area contributed by atoms with Gasteiger partial charge >= 0.3 is 0 Å². The normalized spacial score (nSPS) is 22.8. The van der Waals surface area contributed by atoms with E-state index in [1.807, 2.05) is 18.2 Å². The van der Waals surface area contributed by atoms with Crippen molar-refractivity contribution in [3.8, 4) is 0 Å². The fourth-order valence-corrected chi connectivity index (χ4v) is 4.73. The fourth-order valence-electron chi connectivity index (χ4n) is 3.12. The van der Waals surface area contributed by atoms with Crippen molar-refractivity contribution >= 4 is 10.2 Å². The van der Waals surface area contributed by atoms with Gasteiger partial charge in [-0.2, -0.15) is 17.0 Å². The predicted molar refractivity (Wildman–Crippen MR) is 89.2 cm³/mol. The zero-order valence-electron chi connectivity index (χ0n) is 13.4. The molecule has 0 amide bonds. The van der Waals surface area contributed by atoms with Crippen LogP contribution in [0.3, 0.4) is 0 Å². The molecule has 6 nitrogen and oxygen atoms in total. The van der Waals surface area contributed by atoms with Crippen LogP contribution >= 0.6 is 0 Å². The lowest BCUT2D eigenvalue weighted by molar-refractivity contribution is 0.0702. The lowest BCUT2D eigenvalue weighted by atomic mass is 10.2. The minimum Gasteiger partial charge on any atom is -0.379 e. The minimum atomic E-state index is -3.34. The molecule has 128 valence electrons. The third-order valence-electron chi connectivity index (χ3n) is 4.42. The predicted octanol–water partition coefficient (Wildman–Crippen LogP) is 0.771. The van der Waals surface area contributed by atoms with Gasteiger partial charge in [0.2, 0.25) is 0 Å². The van der Waals surface area contributed by atoms with Gasteiger partial charge in [-0.3, -0.25) is 4.90 Å². The van der Waals surface area contributed by atoms with Gasteiger partial charge in [-0.1, -0.05) is 30.3 Å². The lowest BCUT2D eigenvalue weighted by Gasteiger charge is -2.31. The van der Waals surface area contributed by atoms with E-state index in [0.717, 1.165) is 26.1 Å². The van der Waals surface area contributed by atoms with Gasteiger partial charge in [-0.15, -0.1) is 0 Å². The molecule has 0 aromatic heterocycles. The number of hydrogen-bond donors (Lipinski definition) is 0. The fraction of sp³-hybridized carbons (Fsp3) is 0.625. The van der Waals surface area contributed by atoms with E-state index in [2.05, 4.69) is 17.0 Å². The molecule has 2 heterocycles. The van der Waals surface area contributed by atoms with Crippen LogP contribution < -0.4 is 0 Å². The smallest absolute Gasteiger partial charge is 0.282 e. The van der Waals surface area contributed by atoms with Gasteiger partial charge in [0, 0.05) is 39.3 Å².